The smallest absolute Gasteiger partial charge is 0.223 e. The Bertz CT molecular complexity index is 265. The molecule has 0 radical (unpaired) electrons. The molecular weight excluding hydrogens is 216 g/mol. The minimum atomic E-state index is 0.0960. The molecule has 0 saturated heterocycles. The van der Waals surface area contributed by atoms with Crippen LogP contribution in [-0.4, -0.2) is 4.69 Å². The highest BCUT2D eigenvalue weighted by atomic mass is 79.9. The van der Waals surface area contributed by atoms with E-state index in [1.54, 1.807) is 0 Å². The average Bonchev–Trinajstić information content (AvgIpc) is 2.04. The molecule has 0 aromatic heterocycles. The van der Waals surface area contributed by atoms with Crippen LogP contribution < -0.4 is 0 Å². The van der Waals surface area contributed by atoms with Crippen molar-refractivity contribution in [1.29, 1.82) is 0 Å². The first-order valence-electron chi connectivity index (χ1n) is 4.43. The van der Waals surface area contributed by atoms with Gasteiger partial charge in [0.25, 0.3) is 0 Å². The highest BCUT2D eigenvalue weighted by Gasteiger charge is 2.52. The Morgan fingerprint density at radius 1 is 1.67 bits per heavy atom. The second-order valence-corrected chi connectivity index (χ2v) is 5.20. The van der Waals surface area contributed by atoms with Crippen LogP contribution in [-0.2, 0) is 4.79 Å². The molecule has 1 fully saturated rings. The van der Waals surface area contributed by atoms with Gasteiger partial charge < -0.3 is 0 Å². The third kappa shape index (κ3) is 0.936. The first-order valence-corrected chi connectivity index (χ1v) is 5.22. The van der Waals surface area contributed by atoms with Gasteiger partial charge in [-0.15, -0.1) is 0 Å². The van der Waals surface area contributed by atoms with Crippen molar-refractivity contribution >= 4 is 20.6 Å². The topological polar surface area (TPSA) is 17.1 Å². The highest BCUT2D eigenvalue weighted by Crippen LogP contribution is 2.59. The molecule has 0 heterocycles. The summed E-state index contributed by atoms with van der Waals surface area (Å²) in [7, 11) is 0. The molecule has 3 rings (SSSR count). The van der Waals surface area contributed by atoms with Crippen LogP contribution in [0.15, 0.2) is 11.6 Å². The number of carbonyl (C=O) groups excluding carboxylic acids is 1. The molecule has 0 aromatic rings. The minimum absolute atomic E-state index is 0.0960. The van der Waals surface area contributed by atoms with Gasteiger partial charge in [-0.25, -0.2) is 0 Å². The predicted molar refractivity (Wildman–Crippen MR) is 52.0 cm³/mol. The Morgan fingerprint density at radius 2 is 2.33 bits per heavy atom. The van der Waals surface area contributed by atoms with Crippen LogP contribution >= 0.6 is 15.9 Å². The molecule has 2 atom stereocenters. The predicted octanol–water partition coefficient (Wildman–Crippen LogP) is 2.90. The Kier molecular flexibility index (Phi) is 1.73. The summed E-state index contributed by atoms with van der Waals surface area (Å²) in [5.41, 5.74) is 1.38. The standard InChI is InChI=1S/C10H13BrO/c1-10(2)6-3-4-7(9(11)12)8(10)5-6/h4,6,8H,3,5H2,1-2H3. The van der Waals surface area contributed by atoms with Crippen LogP contribution in [0.5, 0.6) is 0 Å². The van der Waals surface area contributed by atoms with Gasteiger partial charge in [0, 0.05) is 5.57 Å². The van der Waals surface area contributed by atoms with Crippen molar-refractivity contribution in [3.05, 3.63) is 11.6 Å². The van der Waals surface area contributed by atoms with Crippen LogP contribution in [0.4, 0.5) is 0 Å². The maximum Gasteiger partial charge on any atom is 0.223 e. The number of fused-ring (bicyclic) bond motifs is 1. The second-order valence-electron chi connectivity index (χ2n) is 4.48. The number of halogens is 1. The zero-order valence-corrected chi connectivity index (χ0v) is 9.02. The fourth-order valence-electron chi connectivity index (χ4n) is 2.57. The van der Waals surface area contributed by atoms with E-state index in [0.29, 0.717) is 11.3 Å². The average molecular weight is 229 g/mol. The SMILES string of the molecule is CC1(C)C2CC=C(C(=O)Br)C1C2. The van der Waals surface area contributed by atoms with Crippen molar-refractivity contribution in [3.8, 4) is 0 Å². The third-order valence-electron chi connectivity index (χ3n) is 3.70. The van der Waals surface area contributed by atoms with Crippen molar-refractivity contribution in [2.24, 2.45) is 17.3 Å². The van der Waals surface area contributed by atoms with Crippen LogP contribution in [0.25, 0.3) is 0 Å². The lowest BCUT2D eigenvalue weighted by Crippen LogP contribution is -2.48. The van der Waals surface area contributed by atoms with Crippen molar-refractivity contribution in [2.45, 2.75) is 26.7 Å². The number of hydrogen-bond acceptors (Lipinski definition) is 1. The zero-order valence-electron chi connectivity index (χ0n) is 7.43. The fourth-order valence-corrected chi connectivity index (χ4v) is 3.01. The second kappa shape index (κ2) is 2.44. The molecule has 12 heavy (non-hydrogen) atoms. The summed E-state index contributed by atoms with van der Waals surface area (Å²) in [6.07, 6.45) is 4.42. The Hall–Kier alpha value is -0.110. The molecule has 1 saturated carbocycles. The Morgan fingerprint density at radius 3 is 2.67 bits per heavy atom. The summed E-state index contributed by atoms with van der Waals surface area (Å²) >= 11 is 3.05. The summed E-state index contributed by atoms with van der Waals surface area (Å²) in [6.45, 7) is 4.55. The van der Waals surface area contributed by atoms with E-state index in [0.717, 1.165) is 17.9 Å². The van der Waals surface area contributed by atoms with Gasteiger partial charge in [0.15, 0.2) is 0 Å². The van der Waals surface area contributed by atoms with Gasteiger partial charge >= 0.3 is 0 Å². The van der Waals surface area contributed by atoms with Crippen LogP contribution in [0.2, 0.25) is 0 Å². The normalized spacial score (nSPS) is 36.8. The van der Waals surface area contributed by atoms with Crippen molar-refractivity contribution in [1.82, 2.24) is 0 Å². The number of carbonyl (C=O) groups is 1. The van der Waals surface area contributed by atoms with Crippen molar-refractivity contribution in [3.63, 3.8) is 0 Å². The molecule has 66 valence electrons. The van der Waals surface area contributed by atoms with Crippen molar-refractivity contribution < 1.29 is 4.79 Å². The van der Waals surface area contributed by atoms with E-state index in [1.807, 2.05) is 0 Å². The largest absolute Gasteiger partial charge is 0.281 e. The number of rotatable bonds is 1. The van der Waals surface area contributed by atoms with Gasteiger partial charge in [0.2, 0.25) is 4.69 Å². The first kappa shape index (κ1) is 8.49. The zero-order chi connectivity index (χ0) is 8.93. The summed E-state index contributed by atoms with van der Waals surface area (Å²) < 4.78 is 0.0960. The lowest BCUT2D eigenvalue weighted by atomic mass is 9.49. The van der Waals surface area contributed by atoms with Gasteiger partial charge in [0.1, 0.15) is 0 Å². The lowest BCUT2D eigenvalue weighted by Gasteiger charge is -2.55. The van der Waals surface area contributed by atoms with Gasteiger partial charge in [0.05, 0.1) is 0 Å². The Labute approximate surface area is 81.4 Å². The quantitative estimate of drug-likeness (QED) is 0.632. The molecule has 2 heteroatoms. The van der Waals surface area contributed by atoms with E-state index < -0.39 is 0 Å². The molecule has 3 aliphatic rings. The van der Waals surface area contributed by atoms with Gasteiger partial charge in [-0.2, -0.15) is 0 Å². The van der Waals surface area contributed by atoms with E-state index in [9.17, 15) is 4.79 Å². The van der Waals surface area contributed by atoms with Gasteiger partial charge in [-0.05, 0) is 46.0 Å². The lowest BCUT2D eigenvalue weighted by molar-refractivity contribution is -0.110. The minimum Gasteiger partial charge on any atom is -0.281 e. The summed E-state index contributed by atoms with van der Waals surface area (Å²) in [5, 5.41) is 0. The molecule has 2 bridgehead atoms. The van der Waals surface area contributed by atoms with Crippen LogP contribution in [0.1, 0.15) is 26.7 Å². The molecular formula is C10H13BrO. The third-order valence-corrected chi connectivity index (χ3v) is 4.15. The molecule has 2 unspecified atom stereocenters. The van der Waals surface area contributed by atoms with E-state index in [1.165, 1.54) is 6.42 Å². The summed E-state index contributed by atoms with van der Waals surface area (Å²) in [4.78, 5) is 11.2. The maximum atomic E-state index is 11.2. The fraction of sp³-hybridized carbons (Fsp3) is 0.700. The number of allylic oxidation sites excluding steroid dienone is 2. The molecule has 0 aliphatic heterocycles. The monoisotopic (exact) mass is 228 g/mol. The Balaban J connectivity index is 2.30. The highest BCUT2D eigenvalue weighted by molar-refractivity contribution is 9.18. The molecule has 3 aliphatic carbocycles. The van der Waals surface area contributed by atoms with Crippen LogP contribution in [0, 0.1) is 17.3 Å². The molecule has 1 nitrogen and oxygen atoms in total. The number of hydrogen-bond donors (Lipinski definition) is 0. The molecule has 0 N–H and O–H groups in total. The summed E-state index contributed by atoms with van der Waals surface area (Å²) in [5.74, 6) is 1.33. The van der Waals surface area contributed by atoms with E-state index in [2.05, 4.69) is 35.9 Å². The van der Waals surface area contributed by atoms with Crippen LogP contribution in [0.3, 0.4) is 0 Å². The van der Waals surface area contributed by atoms with E-state index >= 15 is 0 Å². The van der Waals surface area contributed by atoms with E-state index in [4.69, 9.17) is 0 Å². The summed E-state index contributed by atoms with van der Waals surface area (Å²) in [6, 6.07) is 0. The maximum absolute atomic E-state index is 11.2. The van der Waals surface area contributed by atoms with Gasteiger partial charge in [-0.3, -0.25) is 4.79 Å². The molecule has 0 spiro atoms. The molecule has 0 amide bonds. The van der Waals surface area contributed by atoms with Crippen molar-refractivity contribution in [2.75, 3.05) is 0 Å². The van der Waals surface area contributed by atoms with Gasteiger partial charge in [-0.1, -0.05) is 19.9 Å². The van der Waals surface area contributed by atoms with E-state index in [-0.39, 0.29) is 4.69 Å². The molecule has 0 aromatic carbocycles. The first-order chi connectivity index (χ1) is 5.53.